The third-order valence-electron chi connectivity index (χ3n) is 5.34. The molecule has 0 atom stereocenters. The maximum atomic E-state index is 14.7. The van der Waals surface area contributed by atoms with Crippen LogP contribution in [0.15, 0.2) is 42.0 Å². The summed E-state index contributed by atoms with van der Waals surface area (Å²) in [5.74, 6) is -2.25. The molecule has 2 aliphatic heterocycles. The number of barbiturate groups is 1. The first-order chi connectivity index (χ1) is 14.4. The molecule has 0 radical (unpaired) electrons. The molecule has 0 aliphatic carbocycles. The van der Waals surface area contributed by atoms with E-state index in [1.165, 1.54) is 18.2 Å². The largest absolute Gasteiger partial charge is 0.371 e. The number of anilines is 2. The monoisotopic (exact) mass is 427 g/mol. The van der Waals surface area contributed by atoms with Gasteiger partial charge in [-0.3, -0.25) is 14.9 Å². The Labute approximate surface area is 177 Å². The second-order valence-electron chi connectivity index (χ2n) is 7.24. The van der Waals surface area contributed by atoms with Crippen molar-refractivity contribution in [3.8, 4) is 0 Å². The lowest BCUT2D eigenvalue weighted by molar-refractivity contribution is -0.122. The van der Waals surface area contributed by atoms with Crippen LogP contribution in [0.2, 0.25) is 5.02 Å². The SMILES string of the molecule is Cc1c(Cl)cccc1N1C(=O)NC(=O)/C(=C\c2ccc(N3CCCC3)cc2F)C1=O. The van der Waals surface area contributed by atoms with Crippen LogP contribution < -0.4 is 15.1 Å². The Morgan fingerprint density at radius 3 is 2.53 bits per heavy atom. The van der Waals surface area contributed by atoms with Gasteiger partial charge in [-0.15, -0.1) is 0 Å². The number of carbonyl (C=O) groups excluding carboxylic acids is 3. The Hall–Kier alpha value is -3.19. The molecule has 8 heteroatoms. The van der Waals surface area contributed by atoms with Crippen molar-refractivity contribution in [1.29, 1.82) is 0 Å². The minimum absolute atomic E-state index is 0.0913. The summed E-state index contributed by atoms with van der Waals surface area (Å²) in [6, 6.07) is 8.59. The van der Waals surface area contributed by atoms with Crippen molar-refractivity contribution in [2.75, 3.05) is 22.9 Å². The van der Waals surface area contributed by atoms with Gasteiger partial charge in [0.2, 0.25) is 0 Å². The number of nitrogens with one attached hydrogen (secondary N) is 1. The van der Waals surface area contributed by atoms with Gasteiger partial charge in [-0.1, -0.05) is 17.7 Å². The van der Waals surface area contributed by atoms with Gasteiger partial charge in [0.15, 0.2) is 0 Å². The van der Waals surface area contributed by atoms with Crippen molar-refractivity contribution in [2.24, 2.45) is 0 Å². The number of hydrogen-bond acceptors (Lipinski definition) is 4. The van der Waals surface area contributed by atoms with Crippen molar-refractivity contribution in [3.63, 3.8) is 0 Å². The molecule has 0 bridgehead atoms. The topological polar surface area (TPSA) is 69.7 Å². The predicted octanol–water partition coefficient (Wildman–Crippen LogP) is 4.05. The highest BCUT2D eigenvalue weighted by molar-refractivity contribution is 6.39. The summed E-state index contributed by atoms with van der Waals surface area (Å²) in [5.41, 5.74) is 1.29. The van der Waals surface area contributed by atoms with E-state index in [1.54, 1.807) is 31.2 Å². The summed E-state index contributed by atoms with van der Waals surface area (Å²) in [5, 5.41) is 2.51. The zero-order valence-corrected chi connectivity index (χ0v) is 17.0. The van der Waals surface area contributed by atoms with E-state index in [4.69, 9.17) is 11.6 Å². The maximum absolute atomic E-state index is 14.7. The van der Waals surface area contributed by atoms with Gasteiger partial charge < -0.3 is 4.90 Å². The molecule has 0 unspecified atom stereocenters. The predicted molar refractivity (Wildman–Crippen MR) is 113 cm³/mol. The molecule has 4 amide bonds. The van der Waals surface area contributed by atoms with Gasteiger partial charge in [0, 0.05) is 29.4 Å². The van der Waals surface area contributed by atoms with Gasteiger partial charge in [-0.05, 0) is 61.7 Å². The molecule has 2 aliphatic rings. The Balaban J connectivity index is 1.70. The molecule has 0 saturated carbocycles. The molecular weight excluding hydrogens is 409 g/mol. The average molecular weight is 428 g/mol. The van der Waals surface area contributed by atoms with Crippen LogP contribution >= 0.6 is 11.6 Å². The highest BCUT2D eigenvalue weighted by Gasteiger charge is 2.37. The second kappa shape index (κ2) is 7.91. The Morgan fingerprint density at radius 2 is 1.83 bits per heavy atom. The number of rotatable bonds is 3. The molecular formula is C22H19ClFN3O3. The van der Waals surface area contributed by atoms with Crippen LogP contribution in [0, 0.1) is 12.7 Å². The van der Waals surface area contributed by atoms with E-state index in [2.05, 4.69) is 10.2 Å². The fraction of sp³-hybridized carbons (Fsp3) is 0.227. The minimum Gasteiger partial charge on any atom is -0.371 e. The highest BCUT2D eigenvalue weighted by atomic mass is 35.5. The number of halogens is 2. The number of imide groups is 2. The van der Waals surface area contributed by atoms with E-state index < -0.39 is 23.7 Å². The Bertz CT molecular complexity index is 1090. The number of carbonyl (C=O) groups is 3. The van der Waals surface area contributed by atoms with Crippen molar-refractivity contribution < 1.29 is 18.8 Å². The quantitative estimate of drug-likeness (QED) is 0.592. The van der Waals surface area contributed by atoms with E-state index in [1.807, 2.05) is 0 Å². The summed E-state index contributed by atoms with van der Waals surface area (Å²) < 4.78 is 14.7. The third kappa shape index (κ3) is 3.57. The molecule has 1 N–H and O–H groups in total. The molecule has 154 valence electrons. The first kappa shape index (κ1) is 20.1. The van der Waals surface area contributed by atoms with Gasteiger partial charge in [0.25, 0.3) is 11.8 Å². The van der Waals surface area contributed by atoms with Gasteiger partial charge in [0.1, 0.15) is 11.4 Å². The van der Waals surface area contributed by atoms with Crippen molar-refractivity contribution >= 4 is 46.9 Å². The number of amides is 4. The lowest BCUT2D eigenvalue weighted by Gasteiger charge is -2.27. The number of urea groups is 1. The molecule has 2 heterocycles. The van der Waals surface area contributed by atoms with Gasteiger partial charge >= 0.3 is 6.03 Å². The lowest BCUT2D eigenvalue weighted by Crippen LogP contribution is -2.54. The molecule has 4 rings (SSSR count). The standard InChI is InChI=1S/C22H19ClFN3O3/c1-13-17(23)5-4-6-19(13)27-21(29)16(20(28)25-22(27)30)11-14-7-8-15(12-18(14)24)26-9-2-3-10-26/h4-8,11-12H,2-3,9-10H2,1H3,(H,25,28,30)/b16-11+. The van der Waals surface area contributed by atoms with Crippen LogP contribution in [0.1, 0.15) is 24.0 Å². The second-order valence-corrected chi connectivity index (χ2v) is 7.65. The van der Waals surface area contributed by atoms with Crippen LogP contribution in [-0.2, 0) is 9.59 Å². The summed E-state index contributed by atoms with van der Waals surface area (Å²) >= 11 is 6.11. The maximum Gasteiger partial charge on any atom is 0.335 e. The number of hydrogen-bond donors (Lipinski definition) is 1. The molecule has 2 fully saturated rings. The van der Waals surface area contributed by atoms with E-state index in [0.29, 0.717) is 10.6 Å². The summed E-state index contributed by atoms with van der Waals surface area (Å²) in [6.45, 7) is 3.41. The molecule has 2 saturated heterocycles. The molecule has 2 aromatic carbocycles. The Morgan fingerprint density at radius 1 is 1.10 bits per heavy atom. The van der Waals surface area contributed by atoms with Crippen molar-refractivity contribution in [3.05, 3.63) is 63.9 Å². The smallest absolute Gasteiger partial charge is 0.335 e. The van der Waals surface area contributed by atoms with Gasteiger partial charge in [-0.2, -0.15) is 0 Å². The molecule has 0 aromatic heterocycles. The molecule has 6 nitrogen and oxygen atoms in total. The van der Waals surface area contributed by atoms with Crippen molar-refractivity contribution in [1.82, 2.24) is 5.32 Å². The van der Waals surface area contributed by atoms with Crippen LogP contribution in [0.25, 0.3) is 6.08 Å². The normalized spacial score (nSPS) is 18.4. The minimum atomic E-state index is -0.877. The van der Waals surface area contributed by atoms with E-state index >= 15 is 0 Å². The highest BCUT2D eigenvalue weighted by Crippen LogP contribution is 2.30. The third-order valence-corrected chi connectivity index (χ3v) is 5.75. The Kier molecular flexibility index (Phi) is 5.30. The first-order valence-corrected chi connectivity index (χ1v) is 9.95. The van der Waals surface area contributed by atoms with Gasteiger partial charge in [-0.25, -0.2) is 14.1 Å². The van der Waals surface area contributed by atoms with E-state index in [0.717, 1.165) is 36.5 Å². The summed E-state index contributed by atoms with van der Waals surface area (Å²) in [6.07, 6.45) is 3.30. The number of benzene rings is 2. The molecule has 0 spiro atoms. The van der Waals surface area contributed by atoms with Crippen LogP contribution in [0.4, 0.5) is 20.6 Å². The lowest BCUT2D eigenvalue weighted by atomic mass is 10.0. The van der Waals surface area contributed by atoms with E-state index in [9.17, 15) is 18.8 Å². The van der Waals surface area contributed by atoms with Crippen LogP contribution in [-0.4, -0.2) is 30.9 Å². The average Bonchev–Trinajstić information content (AvgIpc) is 3.24. The molecule has 2 aromatic rings. The van der Waals surface area contributed by atoms with Crippen LogP contribution in [0.3, 0.4) is 0 Å². The first-order valence-electron chi connectivity index (χ1n) is 9.58. The van der Waals surface area contributed by atoms with Crippen LogP contribution in [0.5, 0.6) is 0 Å². The van der Waals surface area contributed by atoms with Gasteiger partial charge in [0.05, 0.1) is 5.69 Å². The molecule has 30 heavy (non-hydrogen) atoms. The summed E-state index contributed by atoms with van der Waals surface area (Å²) in [7, 11) is 0. The summed E-state index contributed by atoms with van der Waals surface area (Å²) in [4.78, 5) is 40.6. The zero-order chi connectivity index (χ0) is 21.4. The zero-order valence-electron chi connectivity index (χ0n) is 16.2. The van der Waals surface area contributed by atoms with Crippen molar-refractivity contribution in [2.45, 2.75) is 19.8 Å². The van der Waals surface area contributed by atoms with E-state index in [-0.39, 0.29) is 16.8 Å². The fourth-order valence-electron chi connectivity index (χ4n) is 3.68. The fourth-order valence-corrected chi connectivity index (χ4v) is 3.84. The number of nitrogens with zero attached hydrogens (tertiary/aromatic N) is 2.